The van der Waals surface area contributed by atoms with Gasteiger partial charge < -0.3 is 24.7 Å². The van der Waals surface area contributed by atoms with E-state index in [1.165, 1.54) is 6.26 Å². The van der Waals surface area contributed by atoms with E-state index in [0.29, 0.717) is 24.5 Å². The fourth-order valence-electron chi connectivity index (χ4n) is 2.57. The number of aryl methyl sites for hydroxylation is 1. The van der Waals surface area contributed by atoms with Crippen LogP contribution in [0.2, 0.25) is 0 Å². The van der Waals surface area contributed by atoms with Crippen molar-refractivity contribution in [1.82, 2.24) is 4.90 Å². The van der Waals surface area contributed by atoms with Gasteiger partial charge >= 0.3 is 6.03 Å². The van der Waals surface area contributed by atoms with Gasteiger partial charge in [0.1, 0.15) is 12.4 Å². The van der Waals surface area contributed by atoms with Crippen LogP contribution in [0.25, 0.3) is 0 Å². The van der Waals surface area contributed by atoms with Crippen molar-refractivity contribution in [3.05, 3.63) is 78.3 Å². The van der Waals surface area contributed by atoms with Crippen LogP contribution in [-0.4, -0.2) is 37.0 Å². The predicted molar refractivity (Wildman–Crippen MR) is 111 cm³/mol. The number of ether oxygens (including phenoxy) is 1. The van der Waals surface area contributed by atoms with E-state index in [1.54, 1.807) is 48.3 Å². The molecule has 0 atom stereocenters. The number of amides is 3. The Hall–Kier alpha value is -3.74. The number of anilines is 2. The SMILES string of the molecule is Cc1ccccc1OCCN(C)C(=O)Nc1ccc(NC(=O)c2ccco2)cc1. The summed E-state index contributed by atoms with van der Waals surface area (Å²) in [7, 11) is 1.70. The van der Waals surface area contributed by atoms with Gasteiger partial charge in [0.15, 0.2) is 5.76 Å². The Bertz CT molecular complexity index is 952. The highest BCUT2D eigenvalue weighted by Crippen LogP contribution is 2.17. The number of nitrogens with zero attached hydrogens (tertiary/aromatic N) is 1. The molecule has 0 aliphatic carbocycles. The fraction of sp³-hybridized carbons (Fsp3) is 0.182. The molecule has 29 heavy (non-hydrogen) atoms. The average Bonchev–Trinajstić information content (AvgIpc) is 3.26. The zero-order valence-corrected chi connectivity index (χ0v) is 16.3. The van der Waals surface area contributed by atoms with Crippen molar-refractivity contribution in [1.29, 1.82) is 0 Å². The molecular formula is C22H23N3O4. The third-order valence-electron chi connectivity index (χ3n) is 4.26. The Kier molecular flexibility index (Phi) is 6.52. The molecule has 0 saturated heterocycles. The van der Waals surface area contributed by atoms with Crippen molar-refractivity contribution in [3.63, 3.8) is 0 Å². The molecule has 7 heteroatoms. The van der Waals surface area contributed by atoms with E-state index in [9.17, 15) is 9.59 Å². The van der Waals surface area contributed by atoms with Gasteiger partial charge in [-0.1, -0.05) is 18.2 Å². The summed E-state index contributed by atoms with van der Waals surface area (Å²) in [6, 6.07) is 17.6. The Balaban J connectivity index is 1.45. The molecule has 0 unspecified atom stereocenters. The number of urea groups is 1. The molecule has 1 heterocycles. The average molecular weight is 393 g/mol. The van der Waals surface area contributed by atoms with E-state index >= 15 is 0 Å². The number of para-hydroxylation sites is 1. The molecule has 0 spiro atoms. The summed E-state index contributed by atoms with van der Waals surface area (Å²) >= 11 is 0. The number of carbonyl (C=O) groups excluding carboxylic acids is 2. The number of nitrogens with one attached hydrogen (secondary N) is 2. The highest BCUT2D eigenvalue weighted by atomic mass is 16.5. The number of furan rings is 1. The fourth-order valence-corrected chi connectivity index (χ4v) is 2.57. The van der Waals surface area contributed by atoms with Gasteiger partial charge in [0.25, 0.3) is 5.91 Å². The molecule has 2 N–H and O–H groups in total. The van der Waals surface area contributed by atoms with Gasteiger partial charge in [0.05, 0.1) is 12.8 Å². The smallest absolute Gasteiger partial charge is 0.321 e. The normalized spacial score (nSPS) is 10.3. The van der Waals surface area contributed by atoms with Crippen LogP contribution in [0.15, 0.2) is 71.3 Å². The molecule has 0 aliphatic heterocycles. The Morgan fingerprint density at radius 3 is 2.31 bits per heavy atom. The molecule has 0 bridgehead atoms. The van der Waals surface area contributed by atoms with Crippen molar-refractivity contribution in [2.45, 2.75) is 6.92 Å². The summed E-state index contributed by atoms with van der Waals surface area (Å²) in [5.41, 5.74) is 2.28. The largest absolute Gasteiger partial charge is 0.491 e. The maximum Gasteiger partial charge on any atom is 0.321 e. The molecule has 2 aromatic carbocycles. The summed E-state index contributed by atoms with van der Waals surface area (Å²) in [5.74, 6) is 0.714. The van der Waals surface area contributed by atoms with Gasteiger partial charge in [-0.15, -0.1) is 0 Å². The van der Waals surface area contributed by atoms with E-state index in [2.05, 4.69) is 10.6 Å². The maximum atomic E-state index is 12.3. The summed E-state index contributed by atoms with van der Waals surface area (Å²) < 4.78 is 10.8. The predicted octanol–water partition coefficient (Wildman–Crippen LogP) is 4.38. The first kappa shape index (κ1) is 20.0. The molecule has 0 aliphatic rings. The van der Waals surface area contributed by atoms with E-state index in [0.717, 1.165) is 11.3 Å². The number of benzene rings is 2. The van der Waals surface area contributed by atoms with E-state index in [4.69, 9.17) is 9.15 Å². The quantitative estimate of drug-likeness (QED) is 0.624. The number of carbonyl (C=O) groups is 2. The van der Waals surface area contributed by atoms with Crippen LogP contribution in [0.5, 0.6) is 5.75 Å². The van der Waals surface area contributed by atoms with Crippen molar-refractivity contribution < 1.29 is 18.7 Å². The Morgan fingerprint density at radius 1 is 0.966 bits per heavy atom. The number of hydrogen-bond donors (Lipinski definition) is 2. The summed E-state index contributed by atoms with van der Waals surface area (Å²) in [6.45, 7) is 2.82. The minimum absolute atomic E-state index is 0.233. The monoisotopic (exact) mass is 393 g/mol. The molecule has 150 valence electrons. The lowest BCUT2D eigenvalue weighted by atomic mass is 10.2. The molecule has 3 rings (SSSR count). The van der Waals surface area contributed by atoms with Gasteiger partial charge in [0.2, 0.25) is 0 Å². The molecule has 0 saturated carbocycles. The van der Waals surface area contributed by atoms with E-state index < -0.39 is 0 Å². The first-order chi connectivity index (χ1) is 14.0. The van der Waals surface area contributed by atoms with Crippen LogP contribution < -0.4 is 15.4 Å². The maximum absolute atomic E-state index is 12.3. The lowest BCUT2D eigenvalue weighted by molar-refractivity contribution is 0.0996. The van der Waals surface area contributed by atoms with Gasteiger partial charge in [-0.2, -0.15) is 0 Å². The van der Waals surface area contributed by atoms with Crippen LogP contribution in [0.4, 0.5) is 16.2 Å². The first-order valence-corrected chi connectivity index (χ1v) is 9.18. The zero-order valence-electron chi connectivity index (χ0n) is 16.3. The molecule has 3 amide bonds. The minimum atomic E-state index is -0.333. The van der Waals surface area contributed by atoms with Crippen LogP contribution >= 0.6 is 0 Å². The summed E-state index contributed by atoms with van der Waals surface area (Å²) in [4.78, 5) is 25.8. The lowest BCUT2D eigenvalue weighted by Crippen LogP contribution is -2.34. The second-order valence-electron chi connectivity index (χ2n) is 6.47. The highest BCUT2D eigenvalue weighted by molar-refractivity contribution is 6.02. The summed E-state index contributed by atoms with van der Waals surface area (Å²) in [6.07, 6.45) is 1.44. The van der Waals surface area contributed by atoms with Crippen LogP contribution in [0.1, 0.15) is 16.1 Å². The van der Waals surface area contributed by atoms with Crippen LogP contribution in [0.3, 0.4) is 0 Å². The molecular weight excluding hydrogens is 370 g/mol. The minimum Gasteiger partial charge on any atom is -0.491 e. The third kappa shape index (κ3) is 5.62. The highest BCUT2D eigenvalue weighted by Gasteiger charge is 2.11. The second kappa shape index (κ2) is 9.45. The second-order valence-corrected chi connectivity index (χ2v) is 6.47. The standard InChI is InChI=1S/C22H23N3O4/c1-16-6-3-4-7-19(16)29-15-13-25(2)22(27)24-18-11-9-17(10-12-18)23-21(26)20-8-5-14-28-20/h3-12,14H,13,15H2,1-2H3,(H,23,26)(H,24,27). The van der Waals surface area contributed by atoms with E-state index in [1.807, 2.05) is 31.2 Å². The third-order valence-corrected chi connectivity index (χ3v) is 4.26. The van der Waals surface area contributed by atoms with Crippen LogP contribution in [-0.2, 0) is 0 Å². The van der Waals surface area contributed by atoms with Gasteiger partial charge in [-0.05, 0) is 55.0 Å². The molecule has 3 aromatic rings. The Labute approximate surface area is 169 Å². The number of hydrogen-bond acceptors (Lipinski definition) is 4. The first-order valence-electron chi connectivity index (χ1n) is 9.18. The molecule has 1 aromatic heterocycles. The molecule has 0 fully saturated rings. The molecule has 0 radical (unpaired) electrons. The number of rotatable bonds is 7. The van der Waals surface area contributed by atoms with Crippen molar-refractivity contribution in [3.8, 4) is 5.75 Å². The topological polar surface area (TPSA) is 83.8 Å². The number of likely N-dealkylation sites (N-methyl/N-ethyl adjacent to an activating group) is 1. The van der Waals surface area contributed by atoms with Gasteiger partial charge in [-0.25, -0.2) is 4.79 Å². The lowest BCUT2D eigenvalue weighted by Gasteiger charge is -2.19. The van der Waals surface area contributed by atoms with E-state index in [-0.39, 0.29) is 17.7 Å². The van der Waals surface area contributed by atoms with Gasteiger partial charge in [0, 0.05) is 18.4 Å². The molecule has 7 nitrogen and oxygen atoms in total. The van der Waals surface area contributed by atoms with Crippen LogP contribution in [0, 0.1) is 6.92 Å². The summed E-state index contributed by atoms with van der Waals surface area (Å²) in [5, 5.41) is 5.53. The zero-order chi connectivity index (χ0) is 20.6. The Morgan fingerprint density at radius 2 is 1.66 bits per heavy atom. The van der Waals surface area contributed by atoms with Crippen molar-refractivity contribution in [2.75, 3.05) is 30.8 Å². The van der Waals surface area contributed by atoms with Crippen molar-refractivity contribution >= 4 is 23.3 Å². The van der Waals surface area contributed by atoms with Gasteiger partial charge in [-0.3, -0.25) is 4.79 Å². The van der Waals surface area contributed by atoms with Crippen molar-refractivity contribution in [2.24, 2.45) is 0 Å².